The Morgan fingerprint density at radius 1 is 1.36 bits per heavy atom. The van der Waals surface area contributed by atoms with Crippen LogP contribution < -0.4 is 5.32 Å². The molecule has 0 aromatic heterocycles. The van der Waals surface area contributed by atoms with Crippen molar-refractivity contribution in [3.63, 3.8) is 0 Å². The molecule has 1 aliphatic rings. The third-order valence-corrected chi connectivity index (χ3v) is 3.12. The van der Waals surface area contributed by atoms with Gasteiger partial charge in [0.2, 0.25) is 0 Å². The Bertz CT molecular complexity index is 141. The maximum Gasteiger partial charge on any atom is 0.00922 e. The number of nitrogens with zero attached hydrogens (tertiary/aromatic N) is 1. The van der Waals surface area contributed by atoms with Crippen LogP contribution in [0.2, 0.25) is 0 Å². The van der Waals surface area contributed by atoms with Gasteiger partial charge in [-0.3, -0.25) is 0 Å². The van der Waals surface area contributed by atoms with Gasteiger partial charge in [0.05, 0.1) is 0 Å². The summed E-state index contributed by atoms with van der Waals surface area (Å²) in [4.78, 5) is 2.53. The molecule has 0 atom stereocenters. The molecule has 0 amide bonds. The molecule has 1 N–H and O–H groups in total. The average molecular weight is 198 g/mol. The van der Waals surface area contributed by atoms with Crippen LogP contribution in [0.15, 0.2) is 0 Å². The van der Waals surface area contributed by atoms with Crippen LogP contribution in [0.3, 0.4) is 0 Å². The normalized spacial score (nSPS) is 17.8. The number of rotatable bonds is 7. The lowest BCUT2D eigenvalue weighted by atomic mass is 9.92. The van der Waals surface area contributed by atoms with Crippen LogP contribution >= 0.6 is 0 Å². The largest absolute Gasteiger partial charge is 0.316 e. The fraction of sp³-hybridized carbons (Fsp3) is 1.00. The van der Waals surface area contributed by atoms with E-state index in [1.807, 2.05) is 0 Å². The van der Waals surface area contributed by atoms with Crippen molar-refractivity contribution in [2.45, 2.75) is 45.6 Å². The predicted octanol–water partition coefficient (Wildman–Crippen LogP) is 2.11. The lowest BCUT2D eigenvalue weighted by Gasteiger charge is -2.34. The van der Waals surface area contributed by atoms with Gasteiger partial charge in [0.15, 0.2) is 0 Å². The van der Waals surface area contributed by atoms with Crippen molar-refractivity contribution in [3.05, 3.63) is 0 Å². The Morgan fingerprint density at radius 2 is 2.07 bits per heavy atom. The number of hydrogen-bond donors (Lipinski definition) is 1. The molecular formula is C12H26N2. The summed E-state index contributed by atoms with van der Waals surface area (Å²) in [5.41, 5.74) is 0. The Balaban J connectivity index is 1.87. The summed E-state index contributed by atoms with van der Waals surface area (Å²) in [6, 6.07) is 0.903. The fourth-order valence-electron chi connectivity index (χ4n) is 1.85. The van der Waals surface area contributed by atoms with Crippen LogP contribution in [0, 0.1) is 5.92 Å². The second-order valence-electron chi connectivity index (χ2n) is 5.02. The molecule has 1 fully saturated rings. The SMILES string of the molecule is CC(C)CNCCCN(C)C1CCC1. The maximum atomic E-state index is 3.49. The van der Waals surface area contributed by atoms with E-state index >= 15 is 0 Å². The molecule has 1 aliphatic carbocycles. The second kappa shape index (κ2) is 6.41. The van der Waals surface area contributed by atoms with Crippen molar-refractivity contribution in [2.24, 2.45) is 5.92 Å². The molecule has 0 aromatic rings. The summed E-state index contributed by atoms with van der Waals surface area (Å²) in [5.74, 6) is 0.777. The molecule has 0 saturated heterocycles. The summed E-state index contributed by atoms with van der Waals surface area (Å²) in [7, 11) is 2.27. The molecule has 0 unspecified atom stereocenters. The zero-order chi connectivity index (χ0) is 10.4. The quantitative estimate of drug-likeness (QED) is 0.630. The minimum Gasteiger partial charge on any atom is -0.316 e. The summed E-state index contributed by atoms with van der Waals surface area (Å²) in [5, 5.41) is 3.49. The first kappa shape index (κ1) is 12.0. The van der Waals surface area contributed by atoms with E-state index in [9.17, 15) is 0 Å². The van der Waals surface area contributed by atoms with Gasteiger partial charge < -0.3 is 10.2 Å². The lowest BCUT2D eigenvalue weighted by Crippen LogP contribution is -2.38. The van der Waals surface area contributed by atoms with E-state index in [1.54, 1.807) is 0 Å². The molecule has 0 spiro atoms. The van der Waals surface area contributed by atoms with Crippen LogP contribution in [0.5, 0.6) is 0 Å². The van der Waals surface area contributed by atoms with Crippen molar-refractivity contribution in [1.82, 2.24) is 10.2 Å². The highest BCUT2D eigenvalue weighted by Crippen LogP contribution is 2.23. The van der Waals surface area contributed by atoms with Crippen LogP contribution in [-0.4, -0.2) is 37.6 Å². The van der Waals surface area contributed by atoms with Crippen LogP contribution in [0.1, 0.15) is 39.5 Å². The van der Waals surface area contributed by atoms with Crippen molar-refractivity contribution >= 4 is 0 Å². The van der Waals surface area contributed by atoms with Gasteiger partial charge in [-0.1, -0.05) is 20.3 Å². The minimum absolute atomic E-state index is 0.777. The maximum absolute atomic E-state index is 3.49. The third-order valence-electron chi connectivity index (χ3n) is 3.12. The van der Waals surface area contributed by atoms with Gasteiger partial charge in [-0.05, 0) is 51.9 Å². The van der Waals surface area contributed by atoms with Crippen LogP contribution in [0.4, 0.5) is 0 Å². The molecule has 0 aliphatic heterocycles. The number of nitrogens with one attached hydrogen (secondary N) is 1. The monoisotopic (exact) mass is 198 g/mol. The fourth-order valence-corrected chi connectivity index (χ4v) is 1.85. The highest BCUT2D eigenvalue weighted by molar-refractivity contribution is 4.77. The van der Waals surface area contributed by atoms with Gasteiger partial charge in [0, 0.05) is 6.04 Å². The van der Waals surface area contributed by atoms with E-state index in [0.29, 0.717) is 0 Å². The second-order valence-corrected chi connectivity index (χ2v) is 5.02. The molecule has 14 heavy (non-hydrogen) atoms. The van der Waals surface area contributed by atoms with E-state index in [1.165, 1.54) is 38.8 Å². The molecule has 0 bridgehead atoms. The summed E-state index contributed by atoms with van der Waals surface area (Å²) >= 11 is 0. The first-order chi connectivity index (χ1) is 6.70. The lowest BCUT2D eigenvalue weighted by molar-refractivity contribution is 0.158. The minimum atomic E-state index is 0.777. The molecule has 84 valence electrons. The molecule has 1 rings (SSSR count). The molecule has 2 heteroatoms. The van der Waals surface area contributed by atoms with Gasteiger partial charge in [0.1, 0.15) is 0 Å². The Morgan fingerprint density at radius 3 is 2.57 bits per heavy atom. The van der Waals surface area contributed by atoms with E-state index in [4.69, 9.17) is 0 Å². The third kappa shape index (κ3) is 4.43. The highest BCUT2D eigenvalue weighted by Gasteiger charge is 2.20. The predicted molar refractivity (Wildman–Crippen MR) is 62.6 cm³/mol. The first-order valence-corrected chi connectivity index (χ1v) is 6.11. The summed E-state index contributed by atoms with van der Waals surface area (Å²) < 4.78 is 0. The standard InChI is InChI=1S/C12H26N2/c1-11(2)10-13-8-5-9-14(3)12-6-4-7-12/h11-13H,4-10H2,1-3H3. The van der Waals surface area contributed by atoms with Gasteiger partial charge in [0.25, 0.3) is 0 Å². The number of hydrogen-bond acceptors (Lipinski definition) is 2. The van der Waals surface area contributed by atoms with Gasteiger partial charge in [-0.2, -0.15) is 0 Å². The molecule has 0 radical (unpaired) electrons. The van der Waals surface area contributed by atoms with Crippen molar-refractivity contribution < 1.29 is 0 Å². The van der Waals surface area contributed by atoms with Crippen molar-refractivity contribution in [2.75, 3.05) is 26.7 Å². The smallest absolute Gasteiger partial charge is 0.00922 e. The molecular weight excluding hydrogens is 172 g/mol. The molecule has 0 heterocycles. The van der Waals surface area contributed by atoms with Gasteiger partial charge in [-0.15, -0.1) is 0 Å². The van der Waals surface area contributed by atoms with Crippen molar-refractivity contribution in [3.8, 4) is 0 Å². The van der Waals surface area contributed by atoms with E-state index in [2.05, 4.69) is 31.1 Å². The van der Waals surface area contributed by atoms with Crippen LogP contribution in [0.25, 0.3) is 0 Å². The van der Waals surface area contributed by atoms with E-state index in [-0.39, 0.29) is 0 Å². The average Bonchev–Trinajstić information content (AvgIpc) is 1.99. The summed E-state index contributed by atoms with van der Waals surface area (Å²) in [6.45, 7) is 8.11. The first-order valence-electron chi connectivity index (χ1n) is 6.11. The van der Waals surface area contributed by atoms with Crippen molar-refractivity contribution in [1.29, 1.82) is 0 Å². The Labute approximate surface area is 89.1 Å². The Kier molecular flexibility index (Phi) is 5.49. The van der Waals surface area contributed by atoms with Gasteiger partial charge in [-0.25, -0.2) is 0 Å². The zero-order valence-electron chi connectivity index (χ0n) is 10.1. The summed E-state index contributed by atoms with van der Waals surface area (Å²) in [6.07, 6.45) is 5.59. The molecule has 2 nitrogen and oxygen atoms in total. The van der Waals surface area contributed by atoms with E-state index < -0.39 is 0 Å². The van der Waals surface area contributed by atoms with E-state index in [0.717, 1.165) is 18.5 Å². The Hall–Kier alpha value is -0.0800. The molecule has 0 aromatic carbocycles. The zero-order valence-corrected chi connectivity index (χ0v) is 10.1. The van der Waals surface area contributed by atoms with Crippen LogP contribution in [-0.2, 0) is 0 Å². The highest BCUT2D eigenvalue weighted by atomic mass is 15.1. The topological polar surface area (TPSA) is 15.3 Å². The van der Waals surface area contributed by atoms with Gasteiger partial charge >= 0.3 is 0 Å². The molecule has 1 saturated carbocycles.